The van der Waals surface area contributed by atoms with Crippen molar-refractivity contribution in [2.75, 3.05) is 0 Å². The molecule has 0 saturated carbocycles. The predicted molar refractivity (Wildman–Crippen MR) is 36.2 cm³/mol. The van der Waals surface area contributed by atoms with Gasteiger partial charge >= 0.3 is 0 Å². The summed E-state index contributed by atoms with van der Waals surface area (Å²) in [5.74, 6) is 0. The smallest absolute Gasteiger partial charge is 0.142 e. The van der Waals surface area contributed by atoms with Gasteiger partial charge in [0.25, 0.3) is 0 Å². The van der Waals surface area contributed by atoms with Crippen LogP contribution in [0.4, 0.5) is 0 Å². The average molecular weight is 134 g/mol. The van der Waals surface area contributed by atoms with Gasteiger partial charge in [0.05, 0.1) is 0 Å². The van der Waals surface area contributed by atoms with Crippen molar-refractivity contribution in [1.29, 1.82) is 5.26 Å². The minimum absolute atomic E-state index is 0.613. The van der Waals surface area contributed by atoms with Crippen LogP contribution in [0.2, 0.25) is 0 Å². The van der Waals surface area contributed by atoms with Crippen molar-refractivity contribution in [2.24, 2.45) is 0 Å². The third kappa shape index (κ3) is 0.883. The quantitative estimate of drug-likeness (QED) is 0.572. The molecule has 0 aromatic carbocycles. The number of aryl methyl sites for hydroxylation is 2. The molecule has 1 rings (SSSR count). The maximum atomic E-state index is 8.59. The molecule has 0 bridgehead atoms. The van der Waals surface area contributed by atoms with Crippen LogP contribution < -0.4 is 0 Å². The molecule has 1 radical (unpaired) electrons. The number of aromatic nitrogens is 2. The fourth-order valence-electron chi connectivity index (χ4n) is 0.802. The Bertz CT molecular complexity index is 267. The highest BCUT2D eigenvalue weighted by molar-refractivity contribution is 5.27. The number of nitrogens with zero attached hydrogens (tertiary/aromatic N) is 3. The van der Waals surface area contributed by atoms with Crippen LogP contribution in [0.25, 0.3) is 0 Å². The van der Waals surface area contributed by atoms with Crippen LogP contribution in [-0.4, -0.2) is 9.78 Å². The van der Waals surface area contributed by atoms with E-state index >= 15 is 0 Å². The highest BCUT2D eigenvalue weighted by Gasteiger charge is 2.03. The minimum atomic E-state index is 0.613. The Morgan fingerprint density at radius 1 is 1.80 bits per heavy atom. The lowest BCUT2D eigenvalue weighted by atomic mass is 10.3. The monoisotopic (exact) mass is 134 g/mol. The van der Waals surface area contributed by atoms with Gasteiger partial charge in [0.2, 0.25) is 0 Å². The van der Waals surface area contributed by atoms with Gasteiger partial charge in [-0.15, -0.1) is 0 Å². The maximum absolute atomic E-state index is 8.59. The lowest BCUT2D eigenvalue weighted by Crippen LogP contribution is -1.99. The van der Waals surface area contributed by atoms with Gasteiger partial charge in [-0.1, -0.05) is 0 Å². The average Bonchev–Trinajstić information content (AvgIpc) is 2.30. The fraction of sp³-hybridized carbons (Fsp3) is 0.429. The Morgan fingerprint density at radius 2 is 2.50 bits per heavy atom. The first kappa shape index (κ1) is 6.81. The third-order valence-electron chi connectivity index (χ3n) is 1.36. The van der Waals surface area contributed by atoms with Gasteiger partial charge in [0.1, 0.15) is 18.0 Å². The molecular weight excluding hydrogens is 126 g/mol. The molecule has 0 fully saturated rings. The van der Waals surface area contributed by atoms with Crippen molar-refractivity contribution >= 4 is 0 Å². The Labute approximate surface area is 59.9 Å². The summed E-state index contributed by atoms with van der Waals surface area (Å²) in [6, 6.07) is 2.06. The van der Waals surface area contributed by atoms with Gasteiger partial charge in [-0.2, -0.15) is 10.4 Å². The third-order valence-corrected chi connectivity index (χ3v) is 1.36. The van der Waals surface area contributed by atoms with E-state index in [1.807, 2.05) is 13.8 Å². The second-order valence-corrected chi connectivity index (χ2v) is 2.01. The summed E-state index contributed by atoms with van der Waals surface area (Å²) >= 11 is 0. The van der Waals surface area contributed by atoms with Crippen molar-refractivity contribution in [3.05, 3.63) is 17.5 Å². The zero-order valence-electron chi connectivity index (χ0n) is 6.05. The van der Waals surface area contributed by atoms with Crippen LogP contribution in [0, 0.1) is 24.5 Å². The van der Waals surface area contributed by atoms with E-state index in [2.05, 4.69) is 17.4 Å². The first-order chi connectivity index (χ1) is 4.79. The summed E-state index contributed by atoms with van der Waals surface area (Å²) in [6.45, 7) is 4.51. The molecule has 1 aromatic heterocycles. The first-order valence-corrected chi connectivity index (χ1v) is 3.14. The molecule has 3 heteroatoms. The second-order valence-electron chi connectivity index (χ2n) is 2.01. The topological polar surface area (TPSA) is 41.6 Å². The molecule has 0 aliphatic rings. The summed E-state index contributed by atoms with van der Waals surface area (Å²) in [4.78, 5) is 0. The van der Waals surface area contributed by atoms with Crippen molar-refractivity contribution in [3.63, 3.8) is 0 Å². The Balaban J connectivity index is 3.17. The Morgan fingerprint density at radius 3 is 2.90 bits per heavy atom. The lowest BCUT2D eigenvalue weighted by Gasteiger charge is -1.94. The zero-order valence-corrected chi connectivity index (χ0v) is 6.05. The van der Waals surface area contributed by atoms with Crippen molar-refractivity contribution in [3.8, 4) is 6.07 Å². The highest BCUT2D eigenvalue weighted by Crippen LogP contribution is 2.02. The van der Waals surface area contributed by atoms with E-state index in [1.54, 1.807) is 4.68 Å². The molecule has 0 aliphatic heterocycles. The molecule has 51 valence electrons. The van der Waals surface area contributed by atoms with Gasteiger partial charge in [0.15, 0.2) is 0 Å². The van der Waals surface area contributed by atoms with Crippen molar-refractivity contribution in [2.45, 2.75) is 20.4 Å². The molecule has 0 saturated heterocycles. The van der Waals surface area contributed by atoms with Crippen LogP contribution in [0.1, 0.15) is 18.2 Å². The molecule has 3 nitrogen and oxygen atoms in total. The SMILES string of the molecule is CCn1n[c]c(C)c1C#N. The van der Waals surface area contributed by atoms with E-state index in [0.29, 0.717) is 5.69 Å². The Hall–Kier alpha value is -1.30. The van der Waals surface area contributed by atoms with Crippen LogP contribution in [0.15, 0.2) is 0 Å². The Kier molecular flexibility index (Phi) is 1.72. The van der Waals surface area contributed by atoms with E-state index in [-0.39, 0.29) is 0 Å². The summed E-state index contributed by atoms with van der Waals surface area (Å²) in [5, 5.41) is 12.5. The van der Waals surface area contributed by atoms with Gasteiger partial charge in [-0.25, -0.2) is 0 Å². The second kappa shape index (κ2) is 2.53. The first-order valence-electron chi connectivity index (χ1n) is 3.14. The summed E-state index contributed by atoms with van der Waals surface area (Å²) in [6.07, 6.45) is 2.73. The molecule has 0 amide bonds. The van der Waals surface area contributed by atoms with E-state index in [9.17, 15) is 0 Å². The standard InChI is InChI=1S/C7H8N3/c1-3-10-7(4-8)6(2)5-9-10/h3H2,1-2H3. The molecule has 0 spiro atoms. The predicted octanol–water partition coefficient (Wildman–Crippen LogP) is 0.883. The van der Waals surface area contributed by atoms with Crippen molar-refractivity contribution < 1.29 is 0 Å². The molecular formula is C7H8N3. The largest absolute Gasteiger partial charge is 0.254 e. The summed E-state index contributed by atoms with van der Waals surface area (Å²) in [7, 11) is 0. The number of rotatable bonds is 1. The summed E-state index contributed by atoms with van der Waals surface area (Å²) < 4.78 is 1.63. The van der Waals surface area contributed by atoms with E-state index in [4.69, 9.17) is 5.26 Å². The van der Waals surface area contributed by atoms with Crippen LogP contribution in [0.3, 0.4) is 0 Å². The highest BCUT2D eigenvalue weighted by atomic mass is 15.3. The van der Waals surface area contributed by atoms with E-state index in [1.165, 1.54) is 0 Å². The lowest BCUT2D eigenvalue weighted by molar-refractivity contribution is 0.649. The van der Waals surface area contributed by atoms with Crippen molar-refractivity contribution in [1.82, 2.24) is 9.78 Å². The van der Waals surface area contributed by atoms with Crippen LogP contribution in [0.5, 0.6) is 0 Å². The fourth-order valence-corrected chi connectivity index (χ4v) is 0.802. The van der Waals surface area contributed by atoms with E-state index in [0.717, 1.165) is 12.1 Å². The molecule has 1 aromatic rings. The molecule has 0 aliphatic carbocycles. The number of hydrogen-bond acceptors (Lipinski definition) is 2. The number of nitriles is 1. The normalized spacial score (nSPS) is 9.30. The van der Waals surface area contributed by atoms with E-state index < -0.39 is 0 Å². The zero-order chi connectivity index (χ0) is 7.56. The van der Waals surface area contributed by atoms with Gasteiger partial charge < -0.3 is 0 Å². The van der Waals surface area contributed by atoms with Gasteiger partial charge in [-0.05, 0) is 13.8 Å². The van der Waals surface area contributed by atoms with Gasteiger partial charge in [0, 0.05) is 12.1 Å². The maximum Gasteiger partial charge on any atom is 0.142 e. The van der Waals surface area contributed by atoms with Crippen LogP contribution >= 0.6 is 0 Å². The van der Waals surface area contributed by atoms with Crippen LogP contribution in [-0.2, 0) is 6.54 Å². The molecule has 0 N–H and O–H groups in total. The summed E-state index contributed by atoms with van der Waals surface area (Å²) in [5.41, 5.74) is 1.44. The molecule has 1 heterocycles. The van der Waals surface area contributed by atoms with Gasteiger partial charge in [-0.3, -0.25) is 4.68 Å². The number of hydrogen-bond donors (Lipinski definition) is 0. The minimum Gasteiger partial charge on any atom is -0.254 e. The molecule has 0 unspecified atom stereocenters. The molecule has 0 atom stereocenters. The molecule has 10 heavy (non-hydrogen) atoms.